The van der Waals surface area contributed by atoms with Crippen LogP contribution in [-0.4, -0.2) is 44.3 Å². The van der Waals surface area contributed by atoms with E-state index in [1.807, 2.05) is 66.7 Å². The number of hydrogen-bond acceptors (Lipinski definition) is 6. The smallest absolute Gasteiger partial charge is 0.338 e. The average Bonchev–Trinajstić information content (AvgIpc) is 3.20. The zero-order valence-corrected chi connectivity index (χ0v) is 18.5. The monoisotopic (exact) mass is 448 g/mol. The van der Waals surface area contributed by atoms with Crippen LogP contribution in [-0.2, 0) is 36.9 Å². The maximum Gasteiger partial charge on any atom is 0.338 e. The topological polar surface area (TPSA) is 63.2 Å². The Morgan fingerprint density at radius 3 is 1.97 bits per heavy atom. The molecular formula is C27H28O6. The highest BCUT2D eigenvalue weighted by Crippen LogP contribution is 2.29. The molecule has 3 aromatic rings. The Morgan fingerprint density at radius 2 is 1.36 bits per heavy atom. The van der Waals surface area contributed by atoms with E-state index < -0.39 is 30.6 Å². The molecule has 0 spiro atoms. The highest BCUT2D eigenvalue weighted by Gasteiger charge is 2.48. The van der Waals surface area contributed by atoms with Crippen molar-refractivity contribution >= 4 is 5.97 Å². The zero-order valence-electron chi connectivity index (χ0n) is 18.5. The van der Waals surface area contributed by atoms with Gasteiger partial charge in [-0.15, -0.1) is 0 Å². The number of methoxy groups -OCH3 is 1. The van der Waals surface area contributed by atoms with Gasteiger partial charge in [0.25, 0.3) is 0 Å². The molecular weight excluding hydrogens is 420 g/mol. The molecule has 0 amide bonds. The van der Waals surface area contributed by atoms with Gasteiger partial charge in [-0.2, -0.15) is 0 Å². The molecule has 33 heavy (non-hydrogen) atoms. The maximum atomic E-state index is 12.8. The molecule has 0 bridgehead atoms. The summed E-state index contributed by atoms with van der Waals surface area (Å²) in [6, 6.07) is 28.6. The van der Waals surface area contributed by atoms with Gasteiger partial charge in [-0.1, -0.05) is 78.9 Å². The fourth-order valence-corrected chi connectivity index (χ4v) is 3.74. The van der Waals surface area contributed by atoms with Gasteiger partial charge >= 0.3 is 5.97 Å². The standard InChI is InChI=1S/C27H28O6/c1-29-27-25(33-26(28)22-15-9-4-10-16-22)24(31-18-21-13-7-3-8-14-21)23(32-27)19-30-17-20-11-5-2-6-12-20/h2-16,23-25,27H,17-19H2,1H3/t23-,24+,25-,27?/m1/s1. The zero-order chi connectivity index (χ0) is 22.9. The number of carbonyl (C=O) groups is 1. The van der Waals surface area contributed by atoms with Gasteiger partial charge in [-0.25, -0.2) is 4.79 Å². The van der Waals surface area contributed by atoms with E-state index in [0.717, 1.165) is 11.1 Å². The average molecular weight is 449 g/mol. The molecule has 0 aliphatic carbocycles. The van der Waals surface area contributed by atoms with E-state index in [2.05, 4.69) is 0 Å². The van der Waals surface area contributed by atoms with Crippen molar-refractivity contribution in [3.05, 3.63) is 108 Å². The fraction of sp³-hybridized carbons (Fsp3) is 0.296. The summed E-state index contributed by atoms with van der Waals surface area (Å²) >= 11 is 0. The van der Waals surface area contributed by atoms with Gasteiger partial charge in [0.05, 0.1) is 25.4 Å². The third-order valence-electron chi connectivity index (χ3n) is 5.43. The summed E-state index contributed by atoms with van der Waals surface area (Å²) in [6.45, 7) is 1.06. The molecule has 0 aromatic heterocycles. The molecule has 0 radical (unpaired) electrons. The van der Waals surface area contributed by atoms with Crippen LogP contribution in [0.1, 0.15) is 21.5 Å². The highest BCUT2D eigenvalue weighted by atomic mass is 16.7. The van der Waals surface area contributed by atoms with Crippen molar-refractivity contribution in [3.8, 4) is 0 Å². The van der Waals surface area contributed by atoms with Crippen molar-refractivity contribution in [2.24, 2.45) is 0 Å². The Hall–Kier alpha value is -3.03. The number of rotatable bonds is 10. The Balaban J connectivity index is 1.46. The molecule has 1 aliphatic heterocycles. The van der Waals surface area contributed by atoms with E-state index in [4.69, 9.17) is 23.7 Å². The van der Waals surface area contributed by atoms with Crippen molar-refractivity contribution in [3.63, 3.8) is 0 Å². The van der Waals surface area contributed by atoms with E-state index in [1.165, 1.54) is 7.11 Å². The fourth-order valence-electron chi connectivity index (χ4n) is 3.74. The number of carbonyl (C=O) groups excluding carboxylic acids is 1. The molecule has 0 saturated carbocycles. The predicted molar refractivity (Wildman–Crippen MR) is 122 cm³/mol. The quantitative estimate of drug-likeness (QED) is 0.429. The third kappa shape index (κ3) is 6.27. The van der Waals surface area contributed by atoms with Crippen LogP contribution in [0.25, 0.3) is 0 Å². The first kappa shape index (κ1) is 23.1. The molecule has 1 fully saturated rings. The Morgan fingerprint density at radius 1 is 0.788 bits per heavy atom. The van der Waals surface area contributed by atoms with E-state index in [1.54, 1.807) is 24.3 Å². The summed E-state index contributed by atoms with van der Waals surface area (Å²) in [5.74, 6) is -0.453. The normalized spacial score (nSPS) is 22.2. The number of esters is 1. The summed E-state index contributed by atoms with van der Waals surface area (Å²) in [5.41, 5.74) is 2.53. The second kappa shape index (κ2) is 11.7. The number of benzene rings is 3. The van der Waals surface area contributed by atoms with Gasteiger partial charge in [-0.3, -0.25) is 0 Å². The molecule has 1 aliphatic rings. The predicted octanol–water partition coefficient (Wildman–Crippen LogP) is 4.39. The van der Waals surface area contributed by atoms with Crippen LogP contribution in [0.15, 0.2) is 91.0 Å². The minimum Gasteiger partial charge on any atom is -0.450 e. The lowest BCUT2D eigenvalue weighted by Gasteiger charge is -2.24. The minimum atomic E-state index is -0.760. The molecule has 6 nitrogen and oxygen atoms in total. The van der Waals surface area contributed by atoms with Crippen molar-refractivity contribution in [1.82, 2.24) is 0 Å². The van der Waals surface area contributed by atoms with Crippen molar-refractivity contribution in [2.45, 2.75) is 37.8 Å². The van der Waals surface area contributed by atoms with Gasteiger partial charge < -0.3 is 23.7 Å². The highest BCUT2D eigenvalue weighted by molar-refractivity contribution is 5.89. The lowest BCUT2D eigenvalue weighted by molar-refractivity contribution is -0.158. The van der Waals surface area contributed by atoms with Crippen LogP contribution in [0.4, 0.5) is 0 Å². The van der Waals surface area contributed by atoms with Gasteiger partial charge in [0.15, 0.2) is 12.4 Å². The Bertz CT molecular complexity index is 979. The van der Waals surface area contributed by atoms with Gasteiger partial charge in [0.2, 0.25) is 0 Å². The van der Waals surface area contributed by atoms with E-state index in [9.17, 15) is 4.79 Å². The Kier molecular flexibility index (Phi) is 8.22. The summed E-state index contributed by atoms with van der Waals surface area (Å²) in [5, 5.41) is 0. The Labute approximate surface area is 194 Å². The largest absolute Gasteiger partial charge is 0.450 e. The van der Waals surface area contributed by atoms with Crippen LogP contribution in [0.2, 0.25) is 0 Å². The third-order valence-corrected chi connectivity index (χ3v) is 5.43. The van der Waals surface area contributed by atoms with Crippen LogP contribution in [0.3, 0.4) is 0 Å². The molecule has 172 valence electrons. The number of ether oxygens (including phenoxy) is 5. The van der Waals surface area contributed by atoms with Crippen LogP contribution >= 0.6 is 0 Å². The van der Waals surface area contributed by atoms with Gasteiger partial charge in [0.1, 0.15) is 12.2 Å². The van der Waals surface area contributed by atoms with Gasteiger partial charge in [0, 0.05) is 7.11 Å². The summed E-state index contributed by atoms with van der Waals surface area (Å²) in [6.07, 6.45) is -2.52. The van der Waals surface area contributed by atoms with E-state index >= 15 is 0 Å². The second-order valence-electron chi connectivity index (χ2n) is 7.78. The molecule has 3 aromatic carbocycles. The first-order valence-electron chi connectivity index (χ1n) is 11.0. The molecule has 1 saturated heterocycles. The minimum absolute atomic E-state index is 0.271. The molecule has 1 heterocycles. The van der Waals surface area contributed by atoms with Crippen LogP contribution < -0.4 is 0 Å². The SMILES string of the molecule is COC1O[C@H](COCc2ccccc2)[C@H](OCc2ccccc2)[C@H]1OC(=O)c1ccccc1. The second-order valence-corrected chi connectivity index (χ2v) is 7.78. The summed E-state index contributed by atoms with van der Waals surface area (Å²) < 4.78 is 29.5. The van der Waals surface area contributed by atoms with Crippen molar-refractivity contribution in [2.75, 3.05) is 13.7 Å². The van der Waals surface area contributed by atoms with E-state index in [-0.39, 0.29) is 6.61 Å². The lowest BCUT2D eigenvalue weighted by atomic mass is 10.1. The number of hydrogen-bond donors (Lipinski definition) is 0. The maximum absolute atomic E-state index is 12.8. The van der Waals surface area contributed by atoms with E-state index in [0.29, 0.717) is 18.8 Å². The van der Waals surface area contributed by atoms with Crippen LogP contribution in [0, 0.1) is 0 Å². The molecule has 0 N–H and O–H groups in total. The molecule has 4 rings (SSSR count). The molecule has 4 atom stereocenters. The van der Waals surface area contributed by atoms with Gasteiger partial charge in [-0.05, 0) is 23.3 Å². The van der Waals surface area contributed by atoms with Crippen molar-refractivity contribution < 1.29 is 28.5 Å². The lowest BCUT2D eigenvalue weighted by Crippen LogP contribution is -2.40. The molecule has 1 unspecified atom stereocenters. The van der Waals surface area contributed by atoms with Crippen LogP contribution in [0.5, 0.6) is 0 Å². The summed E-state index contributed by atoms with van der Waals surface area (Å²) in [7, 11) is 1.52. The first-order valence-corrected chi connectivity index (χ1v) is 11.0. The summed E-state index contributed by atoms with van der Waals surface area (Å²) in [4.78, 5) is 12.8. The molecule has 6 heteroatoms. The van der Waals surface area contributed by atoms with Crippen molar-refractivity contribution in [1.29, 1.82) is 0 Å². The first-order chi connectivity index (χ1) is 16.2.